The quantitative estimate of drug-likeness (QED) is 0.375. The Hall–Kier alpha value is -3.59. The molecule has 0 spiro atoms. The number of nitrogens with one attached hydrogen (secondary N) is 1. The molecule has 2 aromatic heterocycles. The molecule has 0 saturated heterocycles. The predicted octanol–water partition coefficient (Wildman–Crippen LogP) is 3.73. The number of benzene rings is 1. The van der Waals surface area contributed by atoms with Gasteiger partial charge in [0.15, 0.2) is 6.73 Å². The molecule has 3 rings (SSSR count). The second-order valence-electron chi connectivity index (χ2n) is 5.25. The number of halogens is 1. The summed E-state index contributed by atoms with van der Waals surface area (Å²) in [6.45, 7) is 0.141. The van der Waals surface area contributed by atoms with Crippen molar-refractivity contribution >= 4 is 35.2 Å². The fourth-order valence-electron chi connectivity index (χ4n) is 2.07. The number of hydrogen-bond donors (Lipinski definition) is 1. The van der Waals surface area contributed by atoms with E-state index in [0.29, 0.717) is 16.5 Å². The molecule has 1 N–H and O–H groups in total. The average molecular weight is 389 g/mol. The Bertz CT molecular complexity index is 995. The standard InChI is InChI=1S/C17H13ClN4O5/c18-12-2-1-3-15(8-12)26-11-21-10-13(9-19-21)20-16(23)6-4-14-5-7-17(27-14)22(24)25/h1-10H,11H2,(H,20,23)/b6-4+. The number of rotatable bonds is 7. The number of carbonyl (C=O) groups is 1. The highest BCUT2D eigenvalue weighted by atomic mass is 35.5. The number of ether oxygens (including phenoxy) is 1. The smallest absolute Gasteiger partial charge is 0.433 e. The highest BCUT2D eigenvalue weighted by Crippen LogP contribution is 2.18. The first-order valence-electron chi connectivity index (χ1n) is 7.64. The van der Waals surface area contributed by atoms with Gasteiger partial charge in [-0.1, -0.05) is 17.7 Å². The lowest BCUT2D eigenvalue weighted by Gasteiger charge is -2.06. The van der Waals surface area contributed by atoms with Crippen LogP contribution in [0.2, 0.25) is 5.02 Å². The van der Waals surface area contributed by atoms with Crippen LogP contribution >= 0.6 is 11.6 Å². The monoisotopic (exact) mass is 388 g/mol. The molecule has 0 aliphatic heterocycles. The largest absolute Gasteiger partial charge is 0.471 e. The number of carbonyl (C=O) groups excluding carboxylic acids is 1. The summed E-state index contributed by atoms with van der Waals surface area (Å²) in [5.74, 6) is -0.0399. The van der Waals surface area contributed by atoms with Crippen LogP contribution in [0.3, 0.4) is 0 Å². The van der Waals surface area contributed by atoms with Gasteiger partial charge in [0, 0.05) is 11.1 Å². The summed E-state index contributed by atoms with van der Waals surface area (Å²) in [5.41, 5.74) is 0.463. The molecule has 2 heterocycles. The van der Waals surface area contributed by atoms with Gasteiger partial charge in [-0.2, -0.15) is 5.10 Å². The van der Waals surface area contributed by atoms with Crippen molar-refractivity contribution in [2.24, 2.45) is 0 Å². The molecule has 10 heteroatoms. The second kappa shape index (κ2) is 8.19. The lowest BCUT2D eigenvalue weighted by Crippen LogP contribution is -2.08. The van der Waals surface area contributed by atoms with Crippen LogP contribution in [0.15, 0.2) is 59.3 Å². The zero-order valence-corrected chi connectivity index (χ0v) is 14.5. The van der Waals surface area contributed by atoms with E-state index in [1.165, 1.54) is 35.2 Å². The van der Waals surface area contributed by atoms with Crippen molar-refractivity contribution in [2.75, 3.05) is 5.32 Å². The van der Waals surface area contributed by atoms with E-state index in [-0.39, 0.29) is 12.5 Å². The third-order valence-electron chi connectivity index (χ3n) is 3.25. The molecule has 0 aliphatic carbocycles. The molecule has 0 unspecified atom stereocenters. The predicted molar refractivity (Wildman–Crippen MR) is 97.3 cm³/mol. The van der Waals surface area contributed by atoms with Gasteiger partial charge in [0.25, 0.3) is 0 Å². The molecule has 138 valence electrons. The number of nitro groups is 1. The molecule has 0 aliphatic rings. The molecule has 1 amide bonds. The van der Waals surface area contributed by atoms with Crippen LogP contribution < -0.4 is 10.1 Å². The van der Waals surface area contributed by atoms with Gasteiger partial charge < -0.3 is 14.5 Å². The molecule has 0 saturated carbocycles. The number of amides is 1. The van der Waals surface area contributed by atoms with Crippen molar-refractivity contribution in [3.05, 3.63) is 75.8 Å². The Kier molecular flexibility index (Phi) is 5.53. The summed E-state index contributed by atoms with van der Waals surface area (Å²) in [4.78, 5) is 21.8. The van der Waals surface area contributed by atoms with Crippen molar-refractivity contribution in [2.45, 2.75) is 6.73 Å². The zero-order valence-electron chi connectivity index (χ0n) is 13.7. The van der Waals surface area contributed by atoms with Crippen molar-refractivity contribution in [3.8, 4) is 5.75 Å². The molecular formula is C17H13ClN4O5. The summed E-state index contributed by atoms with van der Waals surface area (Å²) >= 11 is 5.88. The number of hydrogen-bond acceptors (Lipinski definition) is 6. The average Bonchev–Trinajstić information content (AvgIpc) is 3.28. The maximum Gasteiger partial charge on any atom is 0.433 e. The van der Waals surface area contributed by atoms with E-state index in [2.05, 4.69) is 10.4 Å². The van der Waals surface area contributed by atoms with Gasteiger partial charge in [-0.15, -0.1) is 0 Å². The third-order valence-corrected chi connectivity index (χ3v) is 3.49. The van der Waals surface area contributed by atoms with Gasteiger partial charge in [-0.05, 0) is 30.3 Å². The highest BCUT2D eigenvalue weighted by Gasteiger charge is 2.10. The van der Waals surface area contributed by atoms with E-state index in [0.717, 1.165) is 0 Å². The molecule has 0 atom stereocenters. The summed E-state index contributed by atoms with van der Waals surface area (Å²) in [7, 11) is 0. The number of anilines is 1. The lowest BCUT2D eigenvalue weighted by atomic mass is 10.3. The minimum atomic E-state index is -0.655. The summed E-state index contributed by atoms with van der Waals surface area (Å²) in [5, 5.41) is 17.8. The van der Waals surface area contributed by atoms with Gasteiger partial charge in [0.05, 0.1) is 24.1 Å². The number of nitrogens with zero attached hydrogens (tertiary/aromatic N) is 3. The first-order valence-corrected chi connectivity index (χ1v) is 8.01. The Morgan fingerprint density at radius 2 is 2.26 bits per heavy atom. The van der Waals surface area contributed by atoms with Crippen LogP contribution in [-0.2, 0) is 11.5 Å². The van der Waals surface area contributed by atoms with Crippen LogP contribution in [0, 0.1) is 10.1 Å². The van der Waals surface area contributed by atoms with Gasteiger partial charge in [0.2, 0.25) is 5.91 Å². The first-order chi connectivity index (χ1) is 13.0. The normalized spacial score (nSPS) is 10.9. The van der Waals surface area contributed by atoms with Crippen LogP contribution in [0.25, 0.3) is 6.08 Å². The van der Waals surface area contributed by atoms with Crippen LogP contribution in [0.5, 0.6) is 5.75 Å². The van der Waals surface area contributed by atoms with Crippen molar-refractivity contribution < 1.29 is 18.9 Å². The molecule has 3 aromatic rings. The molecule has 0 bridgehead atoms. The van der Waals surface area contributed by atoms with E-state index in [9.17, 15) is 14.9 Å². The zero-order chi connectivity index (χ0) is 19.2. The lowest BCUT2D eigenvalue weighted by molar-refractivity contribution is -0.402. The summed E-state index contributed by atoms with van der Waals surface area (Å²) in [6, 6.07) is 9.56. The molecule has 1 aromatic carbocycles. The SMILES string of the molecule is O=C(/C=C/c1ccc([N+](=O)[O-])o1)Nc1cnn(COc2cccc(Cl)c2)c1. The fraction of sp³-hybridized carbons (Fsp3) is 0.0588. The van der Waals surface area contributed by atoms with Crippen LogP contribution in [-0.4, -0.2) is 20.6 Å². The van der Waals surface area contributed by atoms with Crippen molar-refractivity contribution in [1.82, 2.24) is 9.78 Å². The molecule has 9 nitrogen and oxygen atoms in total. The van der Waals surface area contributed by atoms with Crippen LogP contribution in [0.1, 0.15) is 5.76 Å². The molecular weight excluding hydrogens is 376 g/mol. The van der Waals surface area contributed by atoms with Crippen molar-refractivity contribution in [3.63, 3.8) is 0 Å². The third kappa shape index (κ3) is 5.19. The Labute approximate surface area is 157 Å². The topological polar surface area (TPSA) is 112 Å². The van der Waals surface area contributed by atoms with E-state index in [1.807, 2.05) is 0 Å². The maximum atomic E-state index is 11.9. The van der Waals surface area contributed by atoms with Gasteiger partial charge in [0.1, 0.15) is 16.4 Å². The minimum absolute atomic E-state index is 0.141. The Morgan fingerprint density at radius 1 is 1.41 bits per heavy atom. The van der Waals surface area contributed by atoms with E-state index in [1.54, 1.807) is 30.5 Å². The Balaban J connectivity index is 1.52. The summed E-state index contributed by atoms with van der Waals surface area (Å²) < 4.78 is 12.0. The van der Waals surface area contributed by atoms with E-state index in [4.69, 9.17) is 20.8 Å². The van der Waals surface area contributed by atoms with Crippen LogP contribution in [0.4, 0.5) is 11.6 Å². The second-order valence-corrected chi connectivity index (χ2v) is 5.69. The van der Waals surface area contributed by atoms with Gasteiger partial charge >= 0.3 is 5.88 Å². The molecule has 0 radical (unpaired) electrons. The minimum Gasteiger partial charge on any atom is -0.471 e. The maximum absolute atomic E-state index is 11.9. The van der Waals surface area contributed by atoms with Gasteiger partial charge in [-0.3, -0.25) is 14.9 Å². The van der Waals surface area contributed by atoms with Gasteiger partial charge in [-0.25, -0.2) is 4.68 Å². The van der Waals surface area contributed by atoms with E-state index < -0.39 is 16.7 Å². The summed E-state index contributed by atoms with van der Waals surface area (Å²) in [6.07, 6.45) is 5.58. The first kappa shape index (κ1) is 18.2. The molecule has 0 fully saturated rings. The number of aromatic nitrogens is 2. The van der Waals surface area contributed by atoms with Crippen molar-refractivity contribution in [1.29, 1.82) is 0 Å². The Morgan fingerprint density at radius 3 is 3.00 bits per heavy atom. The number of furan rings is 1. The van der Waals surface area contributed by atoms with E-state index >= 15 is 0 Å². The fourth-order valence-corrected chi connectivity index (χ4v) is 2.25. The highest BCUT2D eigenvalue weighted by molar-refractivity contribution is 6.30. The molecule has 27 heavy (non-hydrogen) atoms.